The van der Waals surface area contributed by atoms with Gasteiger partial charge in [-0.2, -0.15) is 0 Å². The molecule has 19 heavy (non-hydrogen) atoms. The fraction of sp³-hybridized carbons (Fsp3) is 0.364. The summed E-state index contributed by atoms with van der Waals surface area (Å²) in [5.74, 6) is -1.41. The lowest BCUT2D eigenvalue weighted by atomic mass is 10.2. The largest absolute Gasteiger partial charge is 0.350 e. The third-order valence-corrected chi connectivity index (χ3v) is 4.60. The van der Waals surface area contributed by atoms with E-state index in [0.29, 0.717) is 6.42 Å². The van der Waals surface area contributed by atoms with Crippen LogP contribution < -0.4 is 10.5 Å². The predicted molar refractivity (Wildman–Crippen MR) is 72.7 cm³/mol. The van der Waals surface area contributed by atoms with Gasteiger partial charge in [-0.3, -0.25) is 4.79 Å². The molecule has 5 nitrogen and oxygen atoms in total. The number of amides is 1. The highest BCUT2D eigenvalue weighted by Crippen LogP contribution is 2.26. The summed E-state index contributed by atoms with van der Waals surface area (Å²) in [6.07, 6.45) is 0.695. The Morgan fingerprint density at radius 2 is 2.11 bits per heavy atom. The van der Waals surface area contributed by atoms with Gasteiger partial charge < -0.3 is 5.32 Å². The van der Waals surface area contributed by atoms with Crippen LogP contribution >= 0.6 is 15.9 Å². The van der Waals surface area contributed by atoms with Gasteiger partial charge in [0.25, 0.3) is 5.91 Å². The first-order valence-corrected chi connectivity index (χ1v) is 7.83. The minimum atomic E-state index is -4.11. The van der Waals surface area contributed by atoms with Crippen molar-refractivity contribution in [2.45, 2.75) is 31.2 Å². The maximum absolute atomic E-state index is 13.4. The van der Waals surface area contributed by atoms with Crippen LogP contribution in [0.25, 0.3) is 0 Å². The van der Waals surface area contributed by atoms with Crippen LogP contribution in [-0.2, 0) is 10.0 Å². The smallest absolute Gasteiger partial charge is 0.252 e. The van der Waals surface area contributed by atoms with E-state index in [0.717, 1.165) is 12.1 Å². The number of hydrogen-bond acceptors (Lipinski definition) is 3. The molecule has 1 atom stereocenters. The van der Waals surface area contributed by atoms with Gasteiger partial charge in [-0.05, 0) is 41.4 Å². The topological polar surface area (TPSA) is 89.3 Å². The minimum absolute atomic E-state index is 0.0443. The average Bonchev–Trinajstić information content (AvgIpc) is 2.29. The molecule has 0 saturated heterocycles. The number of benzene rings is 1. The zero-order valence-corrected chi connectivity index (χ0v) is 12.8. The van der Waals surface area contributed by atoms with Gasteiger partial charge in [0.2, 0.25) is 10.0 Å². The fourth-order valence-corrected chi connectivity index (χ4v) is 3.06. The highest BCUT2D eigenvalue weighted by molar-refractivity contribution is 9.10. The molecule has 1 unspecified atom stereocenters. The molecular weight excluding hydrogens is 339 g/mol. The fourth-order valence-electron chi connectivity index (χ4n) is 1.34. The number of rotatable bonds is 4. The summed E-state index contributed by atoms with van der Waals surface area (Å²) in [6, 6.07) is 1.61. The normalized spacial score (nSPS) is 13.1. The van der Waals surface area contributed by atoms with E-state index >= 15 is 0 Å². The summed E-state index contributed by atoms with van der Waals surface area (Å²) in [4.78, 5) is 11.5. The Kier molecular flexibility index (Phi) is 5.05. The maximum Gasteiger partial charge on any atom is 0.252 e. The van der Waals surface area contributed by atoms with Crippen molar-refractivity contribution in [3.05, 3.63) is 28.0 Å². The van der Waals surface area contributed by atoms with Gasteiger partial charge in [0.05, 0.1) is 14.9 Å². The molecule has 0 aliphatic heterocycles. The molecule has 0 aliphatic carbocycles. The number of nitrogens with two attached hydrogens (primary N) is 1. The Balaban J connectivity index is 3.30. The van der Waals surface area contributed by atoms with Gasteiger partial charge in [0.15, 0.2) is 0 Å². The van der Waals surface area contributed by atoms with Crippen LogP contribution in [0.1, 0.15) is 30.6 Å². The van der Waals surface area contributed by atoms with Crippen LogP contribution in [0.15, 0.2) is 21.5 Å². The van der Waals surface area contributed by atoms with Gasteiger partial charge in [0, 0.05) is 6.04 Å². The van der Waals surface area contributed by atoms with Crippen molar-refractivity contribution in [3.63, 3.8) is 0 Å². The van der Waals surface area contributed by atoms with Gasteiger partial charge in [-0.15, -0.1) is 0 Å². The van der Waals surface area contributed by atoms with Crippen LogP contribution in [0.4, 0.5) is 4.39 Å². The van der Waals surface area contributed by atoms with Crippen molar-refractivity contribution >= 4 is 31.9 Å². The van der Waals surface area contributed by atoms with Gasteiger partial charge in [-0.1, -0.05) is 6.92 Å². The van der Waals surface area contributed by atoms with Crippen LogP contribution in [0.2, 0.25) is 0 Å². The van der Waals surface area contributed by atoms with E-state index in [4.69, 9.17) is 5.14 Å². The molecule has 0 radical (unpaired) electrons. The zero-order chi connectivity index (χ0) is 14.8. The summed E-state index contributed by atoms with van der Waals surface area (Å²) in [7, 11) is -4.11. The molecule has 0 aromatic heterocycles. The number of halogens is 2. The number of carbonyl (C=O) groups is 1. The Bertz CT molecular complexity index is 604. The highest BCUT2D eigenvalue weighted by Gasteiger charge is 2.21. The van der Waals surface area contributed by atoms with Gasteiger partial charge in [0.1, 0.15) is 5.82 Å². The first-order chi connectivity index (χ1) is 8.66. The number of sulfonamides is 1. The molecule has 1 aromatic rings. The molecule has 106 valence electrons. The van der Waals surface area contributed by atoms with Crippen LogP contribution in [0.3, 0.4) is 0 Å². The number of hydrogen-bond donors (Lipinski definition) is 2. The van der Waals surface area contributed by atoms with Crippen molar-refractivity contribution in [3.8, 4) is 0 Å². The number of carbonyl (C=O) groups excluding carboxylic acids is 1. The second-order valence-corrected chi connectivity index (χ2v) is 6.42. The molecule has 8 heteroatoms. The third-order valence-electron chi connectivity index (χ3n) is 2.55. The lowest BCUT2D eigenvalue weighted by Gasteiger charge is -2.13. The zero-order valence-electron chi connectivity index (χ0n) is 10.4. The summed E-state index contributed by atoms with van der Waals surface area (Å²) in [6.45, 7) is 3.66. The Labute approximate surface area is 119 Å². The van der Waals surface area contributed by atoms with Gasteiger partial charge in [-0.25, -0.2) is 17.9 Å². The Morgan fingerprint density at radius 1 is 1.53 bits per heavy atom. The minimum Gasteiger partial charge on any atom is -0.350 e. The SMILES string of the molecule is CCC(C)NC(=O)c1cc(F)cc(S(N)(=O)=O)c1Br. The first kappa shape index (κ1) is 16.1. The Morgan fingerprint density at radius 3 is 2.58 bits per heavy atom. The quantitative estimate of drug-likeness (QED) is 0.865. The number of primary sulfonamides is 1. The van der Waals surface area contributed by atoms with E-state index in [9.17, 15) is 17.6 Å². The molecule has 0 heterocycles. The van der Waals surface area contributed by atoms with Crippen LogP contribution in [0.5, 0.6) is 0 Å². The first-order valence-electron chi connectivity index (χ1n) is 5.49. The second kappa shape index (κ2) is 5.98. The molecule has 1 aromatic carbocycles. The summed E-state index contributed by atoms with van der Waals surface area (Å²) >= 11 is 2.98. The van der Waals surface area contributed by atoms with Gasteiger partial charge >= 0.3 is 0 Å². The van der Waals surface area contributed by atoms with Crippen LogP contribution in [-0.4, -0.2) is 20.4 Å². The lowest BCUT2D eigenvalue weighted by Crippen LogP contribution is -2.32. The van der Waals surface area contributed by atoms with Crippen molar-refractivity contribution in [1.82, 2.24) is 5.32 Å². The Hall–Kier alpha value is -0.990. The standard InChI is InChI=1S/C11H14BrFN2O3S/c1-3-6(2)15-11(16)8-4-7(13)5-9(10(8)12)19(14,17)18/h4-6H,3H2,1-2H3,(H,15,16)(H2,14,17,18). The molecule has 0 fully saturated rings. The maximum atomic E-state index is 13.4. The van der Waals surface area contributed by atoms with Crippen molar-refractivity contribution < 1.29 is 17.6 Å². The van der Waals surface area contributed by atoms with Crippen LogP contribution in [0, 0.1) is 5.82 Å². The lowest BCUT2D eigenvalue weighted by molar-refractivity contribution is 0.0937. The molecule has 0 aliphatic rings. The van der Waals surface area contributed by atoms with Crippen molar-refractivity contribution in [1.29, 1.82) is 0 Å². The summed E-state index contributed by atoms with van der Waals surface area (Å²) in [5, 5.41) is 7.59. The van der Waals surface area contributed by atoms with E-state index in [-0.39, 0.29) is 16.1 Å². The number of nitrogens with one attached hydrogen (secondary N) is 1. The molecule has 3 N–H and O–H groups in total. The molecule has 1 amide bonds. The van der Waals surface area contributed by atoms with Crippen molar-refractivity contribution in [2.75, 3.05) is 0 Å². The molecule has 0 spiro atoms. The van der Waals surface area contributed by atoms with E-state index in [2.05, 4.69) is 21.2 Å². The summed E-state index contributed by atoms with van der Waals surface area (Å²) < 4.78 is 36.0. The van der Waals surface area contributed by atoms with E-state index in [1.807, 2.05) is 6.92 Å². The molecule has 1 rings (SSSR count). The molecule has 0 bridgehead atoms. The molecule has 0 saturated carbocycles. The predicted octanol–water partition coefficient (Wildman–Crippen LogP) is 1.76. The highest BCUT2D eigenvalue weighted by atomic mass is 79.9. The second-order valence-electron chi connectivity index (χ2n) is 4.09. The van der Waals surface area contributed by atoms with E-state index in [1.165, 1.54) is 0 Å². The van der Waals surface area contributed by atoms with E-state index in [1.54, 1.807) is 6.92 Å². The monoisotopic (exact) mass is 352 g/mol. The van der Waals surface area contributed by atoms with E-state index < -0.39 is 26.6 Å². The average molecular weight is 353 g/mol. The molecular formula is C11H14BrFN2O3S. The van der Waals surface area contributed by atoms with Crippen molar-refractivity contribution in [2.24, 2.45) is 5.14 Å². The summed E-state index contributed by atoms with van der Waals surface area (Å²) in [5.41, 5.74) is -0.107. The third kappa shape index (κ3) is 3.99.